The first kappa shape index (κ1) is 12.2. The number of benzene rings is 1. The molecule has 4 heteroatoms. The highest BCUT2D eigenvalue weighted by molar-refractivity contribution is 6.31. The van der Waals surface area contributed by atoms with Crippen molar-refractivity contribution in [2.45, 2.75) is 20.3 Å². The van der Waals surface area contributed by atoms with Crippen LogP contribution in [-0.2, 0) is 0 Å². The van der Waals surface area contributed by atoms with Gasteiger partial charge in [0.1, 0.15) is 0 Å². The monoisotopic (exact) mass is 252 g/mol. The smallest absolute Gasteiger partial charge is 0.256 e. The van der Waals surface area contributed by atoms with Crippen LogP contribution in [0.3, 0.4) is 0 Å². The number of carbonyl (C=O) groups is 1. The summed E-state index contributed by atoms with van der Waals surface area (Å²) in [5.74, 6) is -0.0180. The first-order valence-corrected chi connectivity index (χ1v) is 6.11. The molecule has 0 saturated carbocycles. The summed E-state index contributed by atoms with van der Waals surface area (Å²) in [5, 5.41) is 0.543. The van der Waals surface area contributed by atoms with Crippen molar-refractivity contribution < 1.29 is 4.79 Å². The van der Waals surface area contributed by atoms with E-state index in [0.29, 0.717) is 16.3 Å². The van der Waals surface area contributed by atoms with Crippen molar-refractivity contribution in [1.82, 2.24) is 4.90 Å². The molecular weight excluding hydrogens is 236 g/mol. The van der Waals surface area contributed by atoms with Gasteiger partial charge in [-0.2, -0.15) is 0 Å². The Morgan fingerprint density at radius 3 is 2.76 bits per heavy atom. The molecule has 1 aromatic carbocycles. The first-order chi connectivity index (χ1) is 7.89. The zero-order chi connectivity index (χ0) is 12.6. The molecule has 0 aromatic heterocycles. The van der Waals surface area contributed by atoms with Crippen LogP contribution in [0.5, 0.6) is 0 Å². The quantitative estimate of drug-likeness (QED) is 0.782. The SMILES string of the molecule is CC1(C)CCN(C(=O)c2cc(Cl)ccc2N)C1. The summed E-state index contributed by atoms with van der Waals surface area (Å²) in [6, 6.07) is 5.02. The number of hydrogen-bond acceptors (Lipinski definition) is 2. The Labute approximate surface area is 107 Å². The molecule has 2 rings (SSSR count). The Morgan fingerprint density at radius 1 is 1.47 bits per heavy atom. The number of nitrogen functional groups attached to an aromatic ring is 1. The second-order valence-corrected chi connectivity index (χ2v) is 5.81. The van der Waals surface area contributed by atoms with Crippen LogP contribution in [0.15, 0.2) is 18.2 Å². The van der Waals surface area contributed by atoms with Gasteiger partial charge < -0.3 is 10.6 Å². The van der Waals surface area contributed by atoms with Crippen LogP contribution >= 0.6 is 11.6 Å². The fraction of sp³-hybridized carbons (Fsp3) is 0.462. The second-order valence-electron chi connectivity index (χ2n) is 5.37. The number of anilines is 1. The fourth-order valence-electron chi connectivity index (χ4n) is 2.17. The predicted octanol–water partition coefficient (Wildman–Crippen LogP) is 2.79. The van der Waals surface area contributed by atoms with Crippen molar-refractivity contribution in [3.8, 4) is 0 Å². The summed E-state index contributed by atoms with van der Waals surface area (Å²) < 4.78 is 0. The first-order valence-electron chi connectivity index (χ1n) is 5.73. The van der Waals surface area contributed by atoms with Gasteiger partial charge in [0.25, 0.3) is 5.91 Å². The number of likely N-dealkylation sites (tertiary alicyclic amines) is 1. The van der Waals surface area contributed by atoms with E-state index in [0.717, 1.165) is 19.5 Å². The lowest BCUT2D eigenvalue weighted by Gasteiger charge is -2.20. The predicted molar refractivity (Wildman–Crippen MR) is 70.2 cm³/mol. The van der Waals surface area contributed by atoms with E-state index in [2.05, 4.69) is 13.8 Å². The molecule has 3 nitrogen and oxygen atoms in total. The van der Waals surface area contributed by atoms with Crippen LogP contribution in [0.4, 0.5) is 5.69 Å². The highest BCUT2D eigenvalue weighted by Crippen LogP contribution is 2.30. The average Bonchev–Trinajstić information content (AvgIpc) is 2.61. The summed E-state index contributed by atoms with van der Waals surface area (Å²) in [7, 11) is 0. The molecule has 0 unspecified atom stereocenters. The third kappa shape index (κ3) is 2.55. The minimum atomic E-state index is -0.0180. The van der Waals surface area contributed by atoms with E-state index in [9.17, 15) is 4.79 Å². The molecule has 0 spiro atoms. The van der Waals surface area contributed by atoms with Gasteiger partial charge in [0, 0.05) is 23.8 Å². The molecule has 1 saturated heterocycles. The zero-order valence-corrected chi connectivity index (χ0v) is 10.9. The average molecular weight is 253 g/mol. The standard InChI is InChI=1S/C13H17ClN2O/c1-13(2)5-6-16(8-13)12(17)10-7-9(14)3-4-11(10)15/h3-4,7H,5-6,8,15H2,1-2H3. The molecule has 1 heterocycles. The molecule has 0 atom stereocenters. The van der Waals surface area contributed by atoms with Crippen LogP contribution in [0.1, 0.15) is 30.6 Å². The summed E-state index contributed by atoms with van der Waals surface area (Å²) in [5.41, 5.74) is 7.02. The number of nitrogens with two attached hydrogens (primary N) is 1. The summed E-state index contributed by atoms with van der Waals surface area (Å²) in [6.07, 6.45) is 1.03. The van der Waals surface area contributed by atoms with Crippen LogP contribution < -0.4 is 5.73 Å². The van der Waals surface area contributed by atoms with Gasteiger partial charge in [0.15, 0.2) is 0 Å². The lowest BCUT2D eigenvalue weighted by molar-refractivity contribution is 0.0779. The van der Waals surface area contributed by atoms with E-state index < -0.39 is 0 Å². The third-order valence-electron chi connectivity index (χ3n) is 3.21. The van der Waals surface area contributed by atoms with Crippen molar-refractivity contribution in [3.63, 3.8) is 0 Å². The van der Waals surface area contributed by atoms with Crippen LogP contribution in [-0.4, -0.2) is 23.9 Å². The van der Waals surface area contributed by atoms with Gasteiger partial charge in [-0.15, -0.1) is 0 Å². The maximum Gasteiger partial charge on any atom is 0.256 e. The van der Waals surface area contributed by atoms with Crippen molar-refractivity contribution in [2.24, 2.45) is 5.41 Å². The van der Waals surface area contributed by atoms with E-state index in [1.807, 2.05) is 4.90 Å². The Bertz CT molecular complexity index is 457. The summed E-state index contributed by atoms with van der Waals surface area (Å²) in [6.45, 7) is 5.90. The van der Waals surface area contributed by atoms with E-state index in [-0.39, 0.29) is 11.3 Å². The summed E-state index contributed by atoms with van der Waals surface area (Å²) >= 11 is 5.90. The van der Waals surface area contributed by atoms with Crippen molar-refractivity contribution in [3.05, 3.63) is 28.8 Å². The number of rotatable bonds is 1. The lowest BCUT2D eigenvalue weighted by Crippen LogP contribution is -2.30. The minimum absolute atomic E-state index is 0.0180. The maximum absolute atomic E-state index is 12.3. The van der Waals surface area contributed by atoms with Gasteiger partial charge in [-0.25, -0.2) is 0 Å². The van der Waals surface area contributed by atoms with Crippen molar-refractivity contribution in [2.75, 3.05) is 18.8 Å². The maximum atomic E-state index is 12.3. The Morgan fingerprint density at radius 2 is 2.18 bits per heavy atom. The Balaban J connectivity index is 2.23. The third-order valence-corrected chi connectivity index (χ3v) is 3.45. The number of carbonyl (C=O) groups excluding carboxylic acids is 1. The van der Waals surface area contributed by atoms with Crippen LogP contribution in [0, 0.1) is 5.41 Å². The van der Waals surface area contributed by atoms with Crippen LogP contribution in [0.2, 0.25) is 5.02 Å². The molecule has 0 aliphatic carbocycles. The molecular formula is C13H17ClN2O. The normalized spacial score (nSPS) is 18.4. The van der Waals surface area contributed by atoms with Gasteiger partial charge in [-0.3, -0.25) is 4.79 Å². The second kappa shape index (κ2) is 4.22. The lowest BCUT2D eigenvalue weighted by atomic mass is 9.93. The number of hydrogen-bond donors (Lipinski definition) is 1. The van der Waals surface area contributed by atoms with Gasteiger partial charge in [0.2, 0.25) is 0 Å². The van der Waals surface area contributed by atoms with Gasteiger partial charge in [-0.1, -0.05) is 25.4 Å². The molecule has 1 aromatic rings. The van der Waals surface area contributed by atoms with E-state index in [1.165, 1.54) is 0 Å². The molecule has 0 radical (unpaired) electrons. The molecule has 1 aliphatic heterocycles. The number of nitrogens with zero attached hydrogens (tertiary/aromatic N) is 1. The summed E-state index contributed by atoms with van der Waals surface area (Å²) in [4.78, 5) is 14.1. The molecule has 17 heavy (non-hydrogen) atoms. The van der Waals surface area contributed by atoms with Gasteiger partial charge >= 0.3 is 0 Å². The largest absolute Gasteiger partial charge is 0.398 e. The van der Waals surface area contributed by atoms with Crippen LogP contribution in [0.25, 0.3) is 0 Å². The van der Waals surface area contributed by atoms with Gasteiger partial charge in [-0.05, 0) is 30.0 Å². The Kier molecular flexibility index (Phi) is 3.04. The van der Waals surface area contributed by atoms with Crippen molar-refractivity contribution >= 4 is 23.2 Å². The minimum Gasteiger partial charge on any atom is -0.398 e. The molecule has 92 valence electrons. The number of halogens is 1. The highest BCUT2D eigenvalue weighted by atomic mass is 35.5. The fourth-order valence-corrected chi connectivity index (χ4v) is 2.34. The molecule has 1 amide bonds. The molecule has 1 fully saturated rings. The topological polar surface area (TPSA) is 46.3 Å². The Hall–Kier alpha value is -1.22. The molecule has 2 N–H and O–H groups in total. The number of amides is 1. The zero-order valence-electron chi connectivity index (χ0n) is 10.2. The van der Waals surface area contributed by atoms with Gasteiger partial charge in [0.05, 0.1) is 5.56 Å². The van der Waals surface area contributed by atoms with E-state index in [1.54, 1.807) is 18.2 Å². The molecule has 1 aliphatic rings. The van der Waals surface area contributed by atoms with E-state index >= 15 is 0 Å². The van der Waals surface area contributed by atoms with Crippen molar-refractivity contribution in [1.29, 1.82) is 0 Å². The van der Waals surface area contributed by atoms with E-state index in [4.69, 9.17) is 17.3 Å². The molecule has 0 bridgehead atoms. The highest BCUT2D eigenvalue weighted by Gasteiger charge is 2.32.